The molecule has 1 heterocycles. The Hall–Kier alpha value is -1.60. The van der Waals surface area contributed by atoms with Gasteiger partial charge in [-0.15, -0.1) is 0 Å². The second-order valence-electron chi connectivity index (χ2n) is 1.76. The van der Waals surface area contributed by atoms with Crippen LogP contribution in [0.3, 0.4) is 0 Å². The average molecular weight is 150 g/mol. The van der Waals surface area contributed by atoms with Crippen LogP contribution in [0.2, 0.25) is 0 Å². The van der Waals surface area contributed by atoms with E-state index in [0.717, 1.165) is 6.20 Å². The van der Waals surface area contributed by atoms with E-state index in [1.165, 1.54) is 6.20 Å². The quantitative estimate of drug-likeness (QED) is 0.472. The molecule has 0 fully saturated rings. The lowest BCUT2D eigenvalue weighted by atomic mass is 10.4. The Morgan fingerprint density at radius 1 is 1.73 bits per heavy atom. The normalized spacial score (nSPS) is 8.45. The molecule has 4 heteroatoms. The topological polar surface area (TPSA) is 66.0 Å². The number of nitrogens with zero attached hydrogens (tertiary/aromatic N) is 1. The molecule has 11 heavy (non-hydrogen) atoms. The number of hydrogen-bond donors (Lipinski definition) is 2. The van der Waals surface area contributed by atoms with Gasteiger partial charge in [0.25, 0.3) is 5.56 Å². The fourth-order valence-corrected chi connectivity index (χ4v) is 0.541. The van der Waals surface area contributed by atoms with Crippen molar-refractivity contribution < 1.29 is 5.11 Å². The molecule has 0 aliphatic carbocycles. The Balaban J connectivity index is 2.90. The maximum absolute atomic E-state index is 10.5. The van der Waals surface area contributed by atoms with Gasteiger partial charge < -0.3 is 10.1 Å². The number of nitrogens with one attached hydrogen (secondary N) is 1. The molecule has 56 valence electrons. The molecule has 0 unspecified atom stereocenters. The standard InChI is InChI=1S/C7H6N2O2/c10-3-1-2-6-4-9-7(11)5-8-6/h4-5,10H,3H2,(H,9,11). The van der Waals surface area contributed by atoms with E-state index in [2.05, 4.69) is 21.8 Å². The summed E-state index contributed by atoms with van der Waals surface area (Å²) in [5.74, 6) is 4.95. The summed E-state index contributed by atoms with van der Waals surface area (Å²) in [5, 5.41) is 8.31. The Bertz CT molecular complexity index is 325. The SMILES string of the molecule is O=c1cnc(C#CCO)c[nH]1. The van der Waals surface area contributed by atoms with Gasteiger partial charge in [-0.2, -0.15) is 0 Å². The van der Waals surface area contributed by atoms with Gasteiger partial charge in [-0.1, -0.05) is 5.92 Å². The Labute approximate surface area is 62.9 Å². The van der Waals surface area contributed by atoms with E-state index in [0.29, 0.717) is 5.69 Å². The largest absolute Gasteiger partial charge is 0.384 e. The number of aromatic amines is 1. The fraction of sp³-hybridized carbons (Fsp3) is 0.143. The molecule has 0 bridgehead atoms. The number of H-pyrrole nitrogens is 1. The van der Waals surface area contributed by atoms with Gasteiger partial charge >= 0.3 is 0 Å². The lowest BCUT2D eigenvalue weighted by Gasteiger charge is -1.84. The highest BCUT2D eigenvalue weighted by Crippen LogP contribution is 1.80. The summed E-state index contributed by atoms with van der Waals surface area (Å²) in [6.45, 7) is -0.208. The van der Waals surface area contributed by atoms with Gasteiger partial charge in [-0.05, 0) is 5.92 Å². The van der Waals surface area contributed by atoms with E-state index in [-0.39, 0.29) is 12.2 Å². The minimum Gasteiger partial charge on any atom is -0.384 e. The molecule has 1 rings (SSSR count). The second-order valence-corrected chi connectivity index (χ2v) is 1.76. The summed E-state index contributed by atoms with van der Waals surface area (Å²) in [4.78, 5) is 16.6. The lowest BCUT2D eigenvalue weighted by molar-refractivity contribution is 0.350. The van der Waals surface area contributed by atoms with Crippen LogP contribution >= 0.6 is 0 Å². The third kappa shape index (κ3) is 2.24. The molecular formula is C7H6N2O2. The minimum atomic E-state index is -0.264. The third-order valence-corrected chi connectivity index (χ3v) is 0.968. The Morgan fingerprint density at radius 3 is 3.09 bits per heavy atom. The highest BCUT2D eigenvalue weighted by Gasteiger charge is 1.85. The first-order valence-electron chi connectivity index (χ1n) is 2.97. The smallest absolute Gasteiger partial charge is 0.266 e. The first-order chi connectivity index (χ1) is 5.33. The summed E-state index contributed by atoms with van der Waals surface area (Å²) in [5.41, 5.74) is 0.179. The predicted molar refractivity (Wildman–Crippen MR) is 38.8 cm³/mol. The van der Waals surface area contributed by atoms with E-state index >= 15 is 0 Å². The van der Waals surface area contributed by atoms with Gasteiger partial charge in [-0.25, -0.2) is 4.98 Å². The molecule has 2 N–H and O–H groups in total. The molecule has 0 saturated carbocycles. The number of aromatic nitrogens is 2. The number of rotatable bonds is 0. The lowest BCUT2D eigenvalue weighted by Crippen LogP contribution is -2.04. The van der Waals surface area contributed by atoms with Gasteiger partial charge in [0.1, 0.15) is 12.3 Å². The molecule has 0 aliphatic heterocycles. The highest BCUT2D eigenvalue weighted by molar-refractivity contribution is 5.23. The maximum Gasteiger partial charge on any atom is 0.266 e. The first-order valence-corrected chi connectivity index (χ1v) is 2.97. The summed E-state index contributed by atoms with van der Waals surface area (Å²) >= 11 is 0. The molecular weight excluding hydrogens is 144 g/mol. The van der Waals surface area contributed by atoms with E-state index < -0.39 is 0 Å². The van der Waals surface area contributed by atoms with Crippen LogP contribution in [-0.4, -0.2) is 21.7 Å². The van der Waals surface area contributed by atoms with Crippen LogP contribution in [0.15, 0.2) is 17.2 Å². The zero-order valence-corrected chi connectivity index (χ0v) is 5.66. The van der Waals surface area contributed by atoms with Crippen molar-refractivity contribution in [1.82, 2.24) is 9.97 Å². The zero-order chi connectivity index (χ0) is 8.10. The molecule has 0 spiro atoms. The average Bonchev–Trinajstić information content (AvgIpc) is 2.04. The summed E-state index contributed by atoms with van der Waals surface area (Å²) in [6.07, 6.45) is 2.53. The van der Waals surface area contributed by atoms with Crippen molar-refractivity contribution in [2.45, 2.75) is 0 Å². The molecule has 0 aromatic carbocycles. The van der Waals surface area contributed by atoms with Crippen LogP contribution in [0, 0.1) is 11.8 Å². The van der Waals surface area contributed by atoms with Crippen molar-refractivity contribution in [1.29, 1.82) is 0 Å². The number of aliphatic hydroxyl groups excluding tert-OH is 1. The third-order valence-electron chi connectivity index (χ3n) is 0.968. The van der Waals surface area contributed by atoms with Crippen LogP contribution in [0.5, 0.6) is 0 Å². The van der Waals surface area contributed by atoms with E-state index in [1.54, 1.807) is 0 Å². The van der Waals surface area contributed by atoms with Crippen molar-refractivity contribution in [2.75, 3.05) is 6.61 Å². The van der Waals surface area contributed by atoms with Crippen LogP contribution in [0.4, 0.5) is 0 Å². The van der Waals surface area contributed by atoms with Crippen molar-refractivity contribution >= 4 is 0 Å². The Kier molecular flexibility index (Phi) is 2.42. The van der Waals surface area contributed by atoms with Crippen molar-refractivity contribution in [3.8, 4) is 11.8 Å². The van der Waals surface area contributed by atoms with Crippen molar-refractivity contribution in [3.05, 3.63) is 28.4 Å². The van der Waals surface area contributed by atoms with E-state index in [9.17, 15) is 4.79 Å². The van der Waals surface area contributed by atoms with Crippen LogP contribution < -0.4 is 5.56 Å². The Morgan fingerprint density at radius 2 is 2.55 bits per heavy atom. The molecule has 0 atom stereocenters. The molecule has 1 aromatic rings. The number of hydrogen-bond acceptors (Lipinski definition) is 3. The van der Waals surface area contributed by atoms with Gasteiger partial charge in [0.05, 0.1) is 6.20 Å². The minimum absolute atomic E-state index is 0.208. The summed E-state index contributed by atoms with van der Waals surface area (Å²) < 4.78 is 0. The highest BCUT2D eigenvalue weighted by atomic mass is 16.2. The monoisotopic (exact) mass is 150 g/mol. The number of aliphatic hydroxyl groups is 1. The molecule has 1 aromatic heterocycles. The molecule has 0 saturated heterocycles. The van der Waals surface area contributed by atoms with Gasteiger partial charge in [0, 0.05) is 6.20 Å². The second kappa shape index (κ2) is 3.54. The van der Waals surface area contributed by atoms with Gasteiger partial charge in [0.2, 0.25) is 0 Å². The molecule has 0 aliphatic rings. The van der Waals surface area contributed by atoms with Gasteiger partial charge in [-0.3, -0.25) is 4.79 Å². The first kappa shape index (κ1) is 7.51. The van der Waals surface area contributed by atoms with Crippen molar-refractivity contribution in [2.24, 2.45) is 0 Å². The zero-order valence-electron chi connectivity index (χ0n) is 5.66. The predicted octanol–water partition coefficient (Wildman–Crippen LogP) is -0.886. The van der Waals surface area contributed by atoms with E-state index in [1.807, 2.05) is 0 Å². The summed E-state index contributed by atoms with van der Waals surface area (Å²) in [7, 11) is 0. The van der Waals surface area contributed by atoms with Gasteiger partial charge in [0.15, 0.2) is 0 Å². The summed E-state index contributed by atoms with van der Waals surface area (Å²) in [6, 6.07) is 0. The fourth-order valence-electron chi connectivity index (χ4n) is 0.541. The maximum atomic E-state index is 10.5. The van der Waals surface area contributed by atoms with Crippen LogP contribution in [-0.2, 0) is 0 Å². The van der Waals surface area contributed by atoms with E-state index in [4.69, 9.17) is 5.11 Å². The molecule has 0 radical (unpaired) electrons. The molecule has 0 amide bonds. The van der Waals surface area contributed by atoms with Crippen molar-refractivity contribution in [3.63, 3.8) is 0 Å². The van der Waals surface area contributed by atoms with Crippen LogP contribution in [0.1, 0.15) is 5.69 Å². The molecule has 4 nitrogen and oxygen atoms in total. The van der Waals surface area contributed by atoms with Crippen LogP contribution in [0.25, 0.3) is 0 Å².